The number of nitrogens with zero attached hydrogens (tertiary/aromatic N) is 13. The van der Waals surface area contributed by atoms with Gasteiger partial charge in [-0.15, -0.1) is 0 Å². The zero-order chi connectivity index (χ0) is 77.8. The van der Waals surface area contributed by atoms with Gasteiger partial charge >= 0.3 is 29.9 Å². The van der Waals surface area contributed by atoms with Crippen LogP contribution in [0.5, 0.6) is 17.2 Å². The Hall–Kier alpha value is -14.8. The van der Waals surface area contributed by atoms with Crippen LogP contribution >= 0.6 is 20.6 Å². The van der Waals surface area contributed by atoms with Crippen LogP contribution in [0.4, 0.5) is 39.8 Å². The minimum absolute atomic E-state index is 0. The Morgan fingerprint density at radius 1 is 0.318 bits per heavy atom. The summed E-state index contributed by atoms with van der Waals surface area (Å²) in [7, 11) is 1.97. The molecule has 15 rings (SSSR count). The number of aromatic hydroxyl groups is 3. The zero-order valence-electron chi connectivity index (χ0n) is 56.9. The third-order valence-electron chi connectivity index (χ3n) is 16.5. The number of halogens is 1. The number of benzene rings is 9. The number of fused-ring (bicyclic) bond motifs is 3. The van der Waals surface area contributed by atoms with Gasteiger partial charge in [-0.1, -0.05) is 72.3 Å². The third-order valence-corrected chi connectivity index (χ3v) is 16.9. The summed E-state index contributed by atoms with van der Waals surface area (Å²) in [5.41, 5.74) is 12.3. The molecule has 0 spiro atoms. The summed E-state index contributed by atoms with van der Waals surface area (Å²) >= 11 is 5.43. The Morgan fingerprint density at radius 3 is 0.900 bits per heavy atom. The van der Waals surface area contributed by atoms with E-state index in [4.69, 9.17) is 22.5 Å². The summed E-state index contributed by atoms with van der Waals surface area (Å²) < 4.78 is 7.04. The van der Waals surface area contributed by atoms with E-state index in [0.717, 1.165) is 96.3 Å². The second kappa shape index (κ2) is 36.8. The van der Waals surface area contributed by atoms with Crippen LogP contribution in [0.1, 0.15) is 0 Å². The number of hydrogen-bond donors (Lipinski definition) is 4. The summed E-state index contributed by atoms with van der Waals surface area (Å²) in [5, 5.41) is 107. The maximum atomic E-state index is 11.4. The van der Waals surface area contributed by atoms with Crippen molar-refractivity contribution in [1.29, 1.82) is 0 Å². The standard InChI is InChI=1S/C30H20N2O2.C22H14N6O8.C10H8N2.C10H9NO.C6H3ClN2O4.HNP.V/c33-29-11-3-5-23-25(29)7-1-9-27(23)31-17-13-21(14-18-31)22-15-19-32(20-16-22)28-10-2-8-26-24(28)6-4-12-30(26)34;29-25(30)17-1-3-19(21(13-17)27(33)34)23-9-5-15(6-10-23)16-7-11-24(12-8-16)20-4-2-18(26(31)32)14-22(20)28(35)36;1-5-11-6-2-9(1)10-3-7-12-8-4-10;11-9-5-1-4-8-7(9)3-2-6-10(8)12;7-5-2-1-4(8(10)11)3-6(5)9(12)13;1-2;/h1-20H;1-14H;1-8H;1-6,12H,11H2;1-3H;2H;/q;+2;;;;-1;+2/p+2. The molecule has 0 atom stereocenters. The Balaban J connectivity index is 0.000000171. The van der Waals surface area contributed by atoms with Crippen LogP contribution in [-0.2, 0) is 18.6 Å². The molecular formula is C78H57ClN14O15PV+5. The molecule has 0 amide bonds. The van der Waals surface area contributed by atoms with Crippen LogP contribution in [0, 0.1) is 60.7 Å². The number of nitrogen functional groups attached to an aromatic ring is 1. The van der Waals surface area contributed by atoms with E-state index in [-0.39, 0.29) is 57.9 Å². The first kappa shape index (κ1) is 79.4. The number of phenolic OH excluding ortho intramolecular Hbond substituents is 3. The van der Waals surface area contributed by atoms with Gasteiger partial charge in [-0.25, -0.2) is 0 Å². The van der Waals surface area contributed by atoms with Crippen molar-refractivity contribution in [2.75, 3.05) is 5.73 Å². The van der Waals surface area contributed by atoms with Gasteiger partial charge in [0.2, 0.25) is 11.4 Å². The van der Waals surface area contributed by atoms with Gasteiger partial charge in [-0.2, -0.15) is 18.3 Å². The smallest absolute Gasteiger partial charge is 0.786 e. The molecule has 32 heteroatoms. The van der Waals surface area contributed by atoms with Gasteiger partial charge in [-0.3, -0.25) is 79.7 Å². The first-order chi connectivity index (χ1) is 52.6. The Labute approximate surface area is 641 Å². The van der Waals surface area contributed by atoms with Crippen molar-refractivity contribution in [3.8, 4) is 73.4 Å². The van der Waals surface area contributed by atoms with Gasteiger partial charge < -0.3 is 26.2 Å². The van der Waals surface area contributed by atoms with Crippen LogP contribution < -0.4 is 24.0 Å². The predicted molar refractivity (Wildman–Crippen MR) is 409 cm³/mol. The van der Waals surface area contributed by atoms with Gasteiger partial charge in [0.1, 0.15) is 34.4 Å². The normalized spacial score (nSPS) is 10.3. The van der Waals surface area contributed by atoms with Crippen molar-refractivity contribution in [2.24, 2.45) is 0 Å². The number of nitro benzene ring substituents is 6. The molecular weight excluding hydrogens is 1490 g/mol. The average molecular weight is 1550 g/mol. The number of rotatable bonds is 13. The molecule has 6 aromatic heterocycles. The molecule has 1 radical (unpaired) electrons. The number of non-ortho nitro benzene ring substituents is 3. The Morgan fingerprint density at radius 2 is 0.582 bits per heavy atom. The number of nitrogens with two attached hydrogens (primary N) is 1. The van der Waals surface area contributed by atoms with Crippen molar-refractivity contribution in [2.45, 2.75) is 0 Å². The second-order valence-corrected chi connectivity index (χ2v) is 23.4. The first-order valence-electron chi connectivity index (χ1n) is 32.0. The largest absolute Gasteiger partial charge is 2.00 e. The maximum absolute atomic E-state index is 11.4. The molecule has 0 aliphatic rings. The van der Waals surface area contributed by atoms with Gasteiger partial charge in [0.15, 0.2) is 49.6 Å². The minimum atomic E-state index is -0.769. The third kappa shape index (κ3) is 19.0. The van der Waals surface area contributed by atoms with Crippen LogP contribution in [0.3, 0.4) is 0 Å². The van der Waals surface area contributed by atoms with Crippen molar-refractivity contribution >= 4 is 92.8 Å². The summed E-state index contributed by atoms with van der Waals surface area (Å²) in [6.45, 7) is 0. The van der Waals surface area contributed by atoms with Gasteiger partial charge in [0.25, 0.3) is 34.1 Å². The second-order valence-electron chi connectivity index (χ2n) is 23.0. The molecule has 0 unspecified atom stereocenters. The van der Waals surface area contributed by atoms with Crippen molar-refractivity contribution in [3.05, 3.63) is 382 Å². The number of aromatic nitrogens is 6. The van der Waals surface area contributed by atoms with E-state index in [1.165, 1.54) is 44.5 Å². The molecule has 0 saturated carbocycles. The van der Waals surface area contributed by atoms with E-state index in [1.54, 1.807) is 98.1 Å². The van der Waals surface area contributed by atoms with E-state index in [0.29, 0.717) is 5.69 Å². The van der Waals surface area contributed by atoms with Gasteiger partial charge in [-0.05, 0) is 100 Å². The summed E-state index contributed by atoms with van der Waals surface area (Å²) in [5.74, 6) is 0.853. The number of hydrogen-bond acceptors (Lipinski definition) is 18. The topological polar surface area (TPSA) is 409 Å². The van der Waals surface area contributed by atoms with Crippen molar-refractivity contribution in [1.82, 2.24) is 9.97 Å². The quantitative estimate of drug-likeness (QED) is 0.0274. The Kier molecular flexibility index (Phi) is 26.5. The molecule has 29 nitrogen and oxygen atoms in total. The SMILES string of the molecule is Nc1cccc2c(O)cccc12.O=[N+]([O-])c1ccc(-[n+]2ccc(-c3cc[n+](-c4ccc([N+](=O)[O-])cc4[N+](=O)[O-])cc3)cc2)c([N+](=O)[O-])c1.O=[N+]([O-])c1ccc(Cl)c([N+](=O)[O-])c1.Oc1cccc2c(-[n+]3ccc(-c4cc[n+](-c5cccc6c(O)cccc56)cc4)cc3)cccc12.[N-]=P.[V+2].c1cc(-c2ccncc2)ccn1. The van der Waals surface area contributed by atoms with Crippen molar-refractivity contribution < 1.29 is 81.7 Å². The van der Waals surface area contributed by atoms with Crippen LogP contribution in [0.25, 0.3) is 93.6 Å². The van der Waals surface area contributed by atoms with Crippen molar-refractivity contribution in [3.63, 3.8) is 0 Å². The number of nitro groups is 6. The summed E-state index contributed by atoms with van der Waals surface area (Å²) in [6.07, 6.45) is 21.6. The van der Waals surface area contributed by atoms with Crippen LogP contribution in [0.2, 0.25) is 5.02 Å². The number of pyridine rings is 6. The molecule has 0 saturated heterocycles. The molecule has 110 heavy (non-hydrogen) atoms. The minimum Gasteiger partial charge on any atom is -0.786 e. The summed E-state index contributed by atoms with van der Waals surface area (Å²) in [6, 6.07) is 66.7. The molecule has 0 fully saturated rings. The van der Waals surface area contributed by atoms with E-state index in [9.17, 15) is 76.0 Å². The summed E-state index contributed by atoms with van der Waals surface area (Å²) in [4.78, 5) is 68.9. The van der Waals surface area contributed by atoms with Gasteiger partial charge in [0, 0.05) is 143 Å². The fourth-order valence-electron chi connectivity index (χ4n) is 11.3. The molecule has 0 aliphatic heterocycles. The van der Waals surface area contributed by atoms with E-state index < -0.39 is 58.0 Å². The number of phenols is 3. The molecule has 15 aromatic rings. The predicted octanol–water partition coefficient (Wildman–Crippen LogP) is 16.5. The van der Waals surface area contributed by atoms with E-state index in [2.05, 4.69) is 55.5 Å². The fraction of sp³-hybridized carbons (Fsp3) is 0. The zero-order valence-corrected chi connectivity index (χ0v) is 60.1. The molecule has 0 bridgehead atoms. The van der Waals surface area contributed by atoms with Crippen LogP contribution in [-0.4, -0.2) is 54.8 Å². The molecule has 0 aliphatic carbocycles. The Bertz CT molecular complexity index is 5580. The van der Waals surface area contributed by atoms with Crippen LogP contribution in [0.15, 0.2) is 311 Å². The molecule has 5 N–H and O–H groups in total. The monoisotopic (exact) mass is 1550 g/mol. The molecule has 9 aromatic carbocycles. The first-order valence-corrected chi connectivity index (χ1v) is 32.9. The molecule has 541 valence electrons. The van der Waals surface area contributed by atoms with E-state index in [1.807, 2.05) is 131 Å². The maximum Gasteiger partial charge on any atom is 2.00 e. The average Bonchev–Trinajstić information content (AvgIpc) is 0.794. The van der Waals surface area contributed by atoms with E-state index >= 15 is 0 Å². The molecule has 6 heterocycles. The number of anilines is 1. The fourth-order valence-corrected chi connectivity index (χ4v) is 11.4. The van der Waals surface area contributed by atoms with Gasteiger partial charge in [0.05, 0.1) is 46.4 Å².